The summed E-state index contributed by atoms with van der Waals surface area (Å²) < 4.78 is 20.9. The number of nitrogens with zero attached hydrogens (tertiary/aromatic N) is 2. The quantitative estimate of drug-likeness (QED) is 0.0300. The smallest absolute Gasteiger partial charge is 0.335 e. The van der Waals surface area contributed by atoms with Crippen LogP contribution in [0.2, 0.25) is 0 Å². The summed E-state index contributed by atoms with van der Waals surface area (Å²) in [6.07, 6.45) is 5.56. The van der Waals surface area contributed by atoms with Crippen molar-refractivity contribution in [2.24, 2.45) is 0 Å². The third-order valence-electron chi connectivity index (χ3n) is 10.3. The van der Waals surface area contributed by atoms with Crippen molar-refractivity contribution in [3.8, 4) is 11.1 Å². The molecule has 0 spiro atoms. The van der Waals surface area contributed by atoms with Crippen molar-refractivity contribution in [1.82, 2.24) is 0 Å². The van der Waals surface area contributed by atoms with Crippen LogP contribution in [0, 0.1) is 0 Å². The Kier molecular flexibility index (Phi) is 16.0. The van der Waals surface area contributed by atoms with E-state index < -0.39 is 23.9 Å². The van der Waals surface area contributed by atoms with Gasteiger partial charge in [0.2, 0.25) is 0 Å². The summed E-state index contributed by atoms with van der Waals surface area (Å²) in [5.74, 6) is -1.68. The summed E-state index contributed by atoms with van der Waals surface area (Å²) in [6.45, 7) is 22.1. The molecule has 10 nitrogen and oxygen atoms in total. The number of anilines is 6. The van der Waals surface area contributed by atoms with Gasteiger partial charge in [-0.3, -0.25) is 0 Å². The average Bonchev–Trinajstić information content (AvgIpc) is 3.35. The van der Waals surface area contributed by atoms with E-state index >= 15 is 0 Å². The molecule has 6 rings (SSSR count). The molecule has 0 heterocycles. The first-order chi connectivity index (χ1) is 32.0. The SMILES string of the molecule is C=CC(=O)OCCc1ccc(N(c2ccc(C(=C)OC(=O)C=C)cc2)c2ccc(-c3ccc(N(c4ccc(CCOC(=O)C=C)cc4)c4ccc(C(=C)OC(=O)C=C)cc4)cc3)cc2)cc1. The van der Waals surface area contributed by atoms with Crippen LogP contribution in [-0.4, -0.2) is 37.1 Å². The van der Waals surface area contributed by atoms with E-state index in [0.717, 1.165) is 80.7 Å². The van der Waals surface area contributed by atoms with Gasteiger partial charge in [0, 0.05) is 82.4 Å². The normalized spacial score (nSPS) is 10.4. The number of esters is 4. The molecule has 0 saturated carbocycles. The number of hydrogen-bond donors (Lipinski definition) is 0. The second-order valence-electron chi connectivity index (χ2n) is 14.5. The van der Waals surface area contributed by atoms with E-state index in [9.17, 15) is 19.2 Å². The highest BCUT2D eigenvalue weighted by Gasteiger charge is 2.17. The van der Waals surface area contributed by atoms with E-state index in [4.69, 9.17) is 18.9 Å². The lowest BCUT2D eigenvalue weighted by Crippen LogP contribution is -2.11. The van der Waals surface area contributed by atoms with E-state index in [1.807, 2.05) is 97.1 Å². The minimum Gasteiger partial charge on any atom is -0.462 e. The number of rotatable bonds is 21. The van der Waals surface area contributed by atoms with Crippen molar-refractivity contribution < 1.29 is 38.1 Å². The second-order valence-corrected chi connectivity index (χ2v) is 14.5. The predicted molar refractivity (Wildman–Crippen MR) is 262 cm³/mol. The van der Waals surface area contributed by atoms with Gasteiger partial charge in [0.15, 0.2) is 0 Å². The molecule has 0 aromatic heterocycles. The number of carbonyl (C=O) groups excluding carboxylic acids is 4. The zero-order valence-electron chi connectivity index (χ0n) is 36.4. The Bertz CT molecular complexity index is 2540. The van der Waals surface area contributed by atoms with Gasteiger partial charge in [-0.05, 0) is 119 Å². The molecule has 0 radical (unpaired) electrons. The topological polar surface area (TPSA) is 112 Å². The fourth-order valence-electron chi connectivity index (χ4n) is 6.82. The Hall–Kier alpha value is -8.76. The zero-order valence-corrected chi connectivity index (χ0v) is 36.4. The molecule has 6 aromatic carbocycles. The second kappa shape index (κ2) is 22.5. The van der Waals surface area contributed by atoms with Gasteiger partial charge in [0.25, 0.3) is 0 Å². The van der Waals surface area contributed by atoms with Crippen LogP contribution in [0.5, 0.6) is 0 Å². The molecule has 0 N–H and O–H groups in total. The molecule has 6 aromatic rings. The van der Waals surface area contributed by atoms with Crippen LogP contribution in [0.3, 0.4) is 0 Å². The predicted octanol–water partition coefficient (Wildman–Crippen LogP) is 12.2. The molecule has 0 aliphatic rings. The maximum atomic E-state index is 11.8. The fourth-order valence-corrected chi connectivity index (χ4v) is 6.82. The molecule has 66 heavy (non-hydrogen) atoms. The largest absolute Gasteiger partial charge is 0.462 e. The molecule has 0 amide bonds. The molecule has 0 fully saturated rings. The first-order valence-electron chi connectivity index (χ1n) is 20.8. The number of ether oxygens (including phenoxy) is 4. The van der Waals surface area contributed by atoms with Gasteiger partial charge in [-0.1, -0.05) is 88.0 Å². The molecule has 0 atom stereocenters. The van der Waals surface area contributed by atoms with Gasteiger partial charge in [-0.15, -0.1) is 0 Å². The van der Waals surface area contributed by atoms with E-state index in [2.05, 4.69) is 97.8 Å². The maximum absolute atomic E-state index is 11.8. The third kappa shape index (κ3) is 12.2. The van der Waals surface area contributed by atoms with Gasteiger partial charge in [0.1, 0.15) is 11.5 Å². The summed E-state index contributed by atoms with van der Waals surface area (Å²) in [7, 11) is 0. The Labute approximate surface area is 384 Å². The molecule has 0 bridgehead atoms. The van der Waals surface area contributed by atoms with Crippen LogP contribution in [-0.2, 0) is 51.0 Å². The summed E-state index contributed by atoms with van der Waals surface area (Å²) in [5, 5.41) is 0. The molecule has 0 aliphatic heterocycles. The Balaban J connectivity index is 1.28. The molecular formula is C56H48N2O8. The van der Waals surface area contributed by atoms with Crippen LogP contribution < -0.4 is 9.80 Å². The van der Waals surface area contributed by atoms with E-state index in [1.165, 1.54) is 0 Å². The summed E-state index contributed by atoms with van der Waals surface area (Å²) in [4.78, 5) is 51.0. The summed E-state index contributed by atoms with van der Waals surface area (Å²) >= 11 is 0. The highest BCUT2D eigenvalue weighted by molar-refractivity contribution is 5.88. The third-order valence-corrected chi connectivity index (χ3v) is 10.3. The fraction of sp³-hybridized carbons (Fsp3) is 0.0714. The van der Waals surface area contributed by atoms with E-state index in [0.29, 0.717) is 24.0 Å². The van der Waals surface area contributed by atoms with E-state index in [1.54, 1.807) is 0 Å². The maximum Gasteiger partial charge on any atom is 0.335 e. The Morgan fingerprint density at radius 1 is 0.379 bits per heavy atom. The molecule has 10 heteroatoms. The van der Waals surface area contributed by atoms with Crippen LogP contribution in [0.4, 0.5) is 34.1 Å². The number of hydrogen-bond acceptors (Lipinski definition) is 10. The van der Waals surface area contributed by atoms with E-state index in [-0.39, 0.29) is 24.7 Å². The van der Waals surface area contributed by atoms with Gasteiger partial charge in [0.05, 0.1) is 13.2 Å². The van der Waals surface area contributed by atoms with Crippen molar-refractivity contribution in [2.45, 2.75) is 12.8 Å². The van der Waals surface area contributed by atoms with Gasteiger partial charge >= 0.3 is 23.9 Å². The zero-order chi connectivity index (χ0) is 47.0. The average molecular weight is 877 g/mol. The lowest BCUT2D eigenvalue weighted by atomic mass is 10.0. The highest BCUT2D eigenvalue weighted by Crippen LogP contribution is 2.39. The van der Waals surface area contributed by atoms with Gasteiger partial charge < -0.3 is 28.7 Å². The summed E-state index contributed by atoms with van der Waals surface area (Å²) in [5.41, 5.74) is 10.6. The molecule has 0 unspecified atom stereocenters. The van der Waals surface area contributed by atoms with Gasteiger partial charge in [-0.25, -0.2) is 19.2 Å². The standard InChI is InChI=1S/C56H48N2O8/c1-7-53(59)63-37-35-41-11-23-47(24-12-41)57(49-27-15-43(16-28-49)39(5)65-55(61)9-3)51-31-19-45(20-32-51)46-21-33-52(34-22-46)58(48-25-13-42(14-26-48)36-38-64-54(60)8-2)50-29-17-44(18-30-50)40(6)66-56(62)10-4/h7-34H,1-6,35-38H2. The minimum absolute atomic E-state index is 0.213. The van der Waals surface area contributed by atoms with Crippen molar-refractivity contribution in [3.05, 3.63) is 232 Å². The minimum atomic E-state index is -0.589. The highest BCUT2D eigenvalue weighted by atomic mass is 16.5. The first-order valence-corrected chi connectivity index (χ1v) is 20.8. The Morgan fingerprint density at radius 3 is 0.909 bits per heavy atom. The van der Waals surface area contributed by atoms with Crippen LogP contribution in [0.25, 0.3) is 22.6 Å². The number of benzene rings is 6. The lowest BCUT2D eigenvalue weighted by molar-refractivity contribution is -0.138. The lowest BCUT2D eigenvalue weighted by Gasteiger charge is -2.27. The van der Waals surface area contributed by atoms with Crippen molar-refractivity contribution in [1.29, 1.82) is 0 Å². The molecule has 0 aliphatic carbocycles. The summed E-state index contributed by atoms with van der Waals surface area (Å²) in [6, 6.07) is 47.6. The van der Waals surface area contributed by atoms with Crippen LogP contribution >= 0.6 is 0 Å². The first kappa shape index (κ1) is 46.7. The molecule has 330 valence electrons. The van der Waals surface area contributed by atoms with Crippen LogP contribution in [0.1, 0.15) is 22.3 Å². The molecule has 0 saturated heterocycles. The Morgan fingerprint density at radius 2 is 0.636 bits per heavy atom. The van der Waals surface area contributed by atoms with Gasteiger partial charge in [-0.2, -0.15) is 0 Å². The number of carbonyl (C=O) groups is 4. The van der Waals surface area contributed by atoms with Crippen LogP contribution in [0.15, 0.2) is 209 Å². The van der Waals surface area contributed by atoms with Crippen molar-refractivity contribution >= 4 is 69.5 Å². The van der Waals surface area contributed by atoms with Crippen molar-refractivity contribution in [3.63, 3.8) is 0 Å². The monoisotopic (exact) mass is 876 g/mol. The molecular weight excluding hydrogens is 829 g/mol. The van der Waals surface area contributed by atoms with Crippen molar-refractivity contribution in [2.75, 3.05) is 23.0 Å².